The van der Waals surface area contributed by atoms with Gasteiger partial charge in [0.15, 0.2) is 0 Å². The molecule has 1 unspecified atom stereocenters. The smallest absolute Gasteiger partial charge is 0.490 e. The van der Waals surface area contributed by atoms with Crippen molar-refractivity contribution in [2.75, 3.05) is 32.6 Å². The molecule has 0 aliphatic heterocycles. The number of carbonyl (C=O) groups excluding carboxylic acids is 2. The quantitative estimate of drug-likeness (QED) is 0.413. The number of alkyl halides is 3. The van der Waals surface area contributed by atoms with Crippen LogP contribution in [0.2, 0.25) is 5.02 Å². The third-order valence-electron chi connectivity index (χ3n) is 4.74. The molecule has 0 bridgehead atoms. The Kier molecular flexibility index (Phi) is 8.36. The summed E-state index contributed by atoms with van der Waals surface area (Å²) in [6, 6.07) is 10.4. The number of esters is 1. The first-order valence-electron chi connectivity index (χ1n) is 10.3. The van der Waals surface area contributed by atoms with Gasteiger partial charge in [-0.25, -0.2) is 4.79 Å². The summed E-state index contributed by atoms with van der Waals surface area (Å²) in [6.45, 7) is 0.948. The average molecular weight is 511 g/mol. The first-order valence-corrected chi connectivity index (χ1v) is 10.7. The number of amides is 1. The predicted molar refractivity (Wildman–Crippen MR) is 123 cm³/mol. The van der Waals surface area contributed by atoms with Crippen molar-refractivity contribution in [3.05, 3.63) is 65.4 Å². The lowest BCUT2D eigenvalue weighted by atomic mass is 10.1. The van der Waals surface area contributed by atoms with E-state index in [0.29, 0.717) is 24.5 Å². The van der Waals surface area contributed by atoms with Crippen LogP contribution in [0, 0.1) is 0 Å². The maximum absolute atomic E-state index is 13.0. The third-order valence-corrected chi connectivity index (χ3v) is 5.08. The van der Waals surface area contributed by atoms with Crippen molar-refractivity contribution < 1.29 is 32.2 Å². The lowest BCUT2D eigenvalue weighted by molar-refractivity contribution is -0.205. The van der Waals surface area contributed by atoms with Crippen LogP contribution in [-0.4, -0.2) is 60.4 Å². The highest BCUT2D eigenvalue weighted by atomic mass is 35.5. The lowest BCUT2D eigenvalue weighted by Crippen LogP contribution is -2.32. The molecule has 0 radical (unpaired) electrons. The largest absolute Gasteiger partial charge is 0.492 e. The van der Waals surface area contributed by atoms with Crippen LogP contribution in [0.5, 0.6) is 5.75 Å². The van der Waals surface area contributed by atoms with Gasteiger partial charge < -0.3 is 19.7 Å². The number of nitrogens with one attached hydrogen (secondary N) is 2. The molecule has 3 aromatic rings. The van der Waals surface area contributed by atoms with Gasteiger partial charge in [-0.1, -0.05) is 29.8 Å². The molecule has 1 atom stereocenters. The van der Waals surface area contributed by atoms with Gasteiger partial charge in [0.2, 0.25) is 6.10 Å². The molecule has 12 heteroatoms. The SMILES string of the molecule is CN(C)CCOc1cc(NC(=O)C(OC(=O)C(F)(F)F)c2ccccc2Cl)ccc1-c1cn[nH]c1. The monoisotopic (exact) mass is 510 g/mol. The van der Waals surface area contributed by atoms with E-state index >= 15 is 0 Å². The highest BCUT2D eigenvalue weighted by Gasteiger charge is 2.44. The Labute approximate surface area is 204 Å². The molecular formula is C23H22ClF3N4O4. The van der Waals surface area contributed by atoms with Crippen LogP contribution in [0.4, 0.5) is 18.9 Å². The first kappa shape index (κ1) is 26.0. The number of benzene rings is 2. The van der Waals surface area contributed by atoms with Crippen LogP contribution in [0.15, 0.2) is 54.9 Å². The van der Waals surface area contributed by atoms with Gasteiger partial charge in [0.25, 0.3) is 5.91 Å². The van der Waals surface area contributed by atoms with E-state index in [-0.39, 0.29) is 16.3 Å². The van der Waals surface area contributed by atoms with Gasteiger partial charge in [-0.15, -0.1) is 0 Å². The summed E-state index contributed by atoms with van der Waals surface area (Å²) in [5.41, 5.74) is 1.53. The Balaban J connectivity index is 1.89. The van der Waals surface area contributed by atoms with Crippen LogP contribution >= 0.6 is 11.6 Å². The van der Waals surface area contributed by atoms with Crippen molar-refractivity contribution >= 4 is 29.2 Å². The molecule has 2 N–H and O–H groups in total. The van der Waals surface area contributed by atoms with E-state index < -0.39 is 24.2 Å². The molecule has 1 amide bonds. The van der Waals surface area contributed by atoms with E-state index in [9.17, 15) is 22.8 Å². The number of aromatic amines is 1. The van der Waals surface area contributed by atoms with Crippen LogP contribution in [0.3, 0.4) is 0 Å². The molecule has 0 saturated heterocycles. The fourth-order valence-corrected chi connectivity index (χ4v) is 3.26. The maximum atomic E-state index is 13.0. The van der Waals surface area contributed by atoms with Gasteiger partial charge in [-0.3, -0.25) is 9.89 Å². The van der Waals surface area contributed by atoms with E-state index in [4.69, 9.17) is 16.3 Å². The summed E-state index contributed by atoms with van der Waals surface area (Å²) >= 11 is 6.06. The first-order chi connectivity index (χ1) is 16.6. The Bertz CT molecular complexity index is 1170. The molecule has 1 aromatic heterocycles. The molecule has 2 aromatic carbocycles. The molecule has 186 valence electrons. The fourth-order valence-electron chi connectivity index (χ4n) is 3.02. The van der Waals surface area contributed by atoms with Crippen molar-refractivity contribution in [2.24, 2.45) is 0 Å². The van der Waals surface area contributed by atoms with Gasteiger partial charge in [-0.05, 0) is 32.3 Å². The molecule has 0 saturated carbocycles. The number of H-pyrrole nitrogens is 1. The van der Waals surface area contributed by atoms with Gasteiger partial charge >= 0.3 is 12.1 Å². The van der Waals surface area contributed by atoms with Crippen LogP contribution in [0.25, 0.3) is 11.1 Å². The second kappa shape index (κ2) is 11.2. The minimum Gasteiger partial charge on any atom is -0.492 e. The van der Waals surface area contributed by atoms with Crippen LogP contribution < -0.4 is 10.1 Å². The van der Waals surface area contributed by atoms with Gasteiger partial charge in [0.1, 0.15) is 12.4 Å². The Morgan fingerprint density at radius 3 is 2.57 bits per heavy atom. The third kappa shape index (κ3) is 6.96. The van der Waals surface area contributed by atoms with Crippen molar-refractivity contribution in [1.29, 1.82) is 0 Å². The summed E-state index contributed by atoms with van der Waals surface area (Å²) in [6.07, 6.45) is -3.98. The minimum atomic E-state index is -5.29. The summed E-state index contributed by atoms with van der Waals surface area (Å²) in [5, 5.41) is 9.07. The number of hydrogen-bond donors (Lipinski definition) is 2. The summed E-state index contributed by atoms with van der Waals surface area (Å²) in [4.78, 5) is 26.4. The topological polar surface area (TPSA) is 96.6 Å². The molecule has 0 fully saturated rings. The van der Waals surface area contributed by atoms with E-state index in [1.165, 1.54) is 36.4 Å². The number of nitrogens with zero attached hydrogens (tertiary/aromatic N) is 2. The number of likely N-dealkylation sites (N-methyl/N-ethyl adjacent to an activating group) is 1. The molecule has 0 aliphatic carbocycles. The zero-order valence-electron chi connectivity index (χ0n) is 18.7. The normalized spacial score (nSPS) is 12.3. The minimum absolute atomic E-state index is 0.0364. The van der Waals surface area contributed by atoms with E-state index in [0.717, 1.165) is 5.56 Å². The van der Waals surface area contributed by atoms with Gasteiger partial charge in [-0.2, -0.15) is 18.3 Å². The van der Waals surface area contributed by atoms with Gasteiger partial charge in [0.05, 0.1) is 6.20 Å². The molecule has 0 spiro atoms. The zero-order valence-corrected chi connectivity index (χ0v) is 19.5. The van der Waals surface area contributed by atoms with Crippen LogP contribution in [0.1, 0.15) is 11.7 Å². The number of halogens is 4. The zero-order chi connectivity index (χ0) is 25.6. The maximum Gasteiger partial charge on any atom is 0.490 e. The molecule has 35 heavy (non-hydrogen) atoms. The van der Waals surface area contributed by atoms with Crippen molar-refractivity contribution in [2.45, 2.75) is 12.3 Å². The Morgan fingerprint density at radius 2 is 1.94 bits per heavy atom. The fraction of sp³-hybridized carbons (Fsp3) is 0.261. The number of aromatic nitrogens is 2. The number of rotatable bonds is 9. The summed E-state index contributed by atoms with van der Waals surface area (Å²) in [7, 11) is 3.77. The number of ether oxygens (including phenoxy) is 2. The van der Waals surface area contributed by atoms with E-state index in [1.54, 1.807) is 18.5 Å². The van der Waals surface area contributed by atoms with Gasteiger partial charge in [0, 0.05) is 46.2 Å². The Morgan fingerprint density at radius 1 is 1.20 bits per heavy atom. The van der Waals surface area contributed by atoms with Crippen molar-refractivity contribution in [3.63, 3.8) is 0 Å². The molecule has 0 aliphatic rings. The Hall–Kier alpha value is -3.57. The second-order valence-electron chi connectivity index (χ2n) is 7.64. The number of carbonyl (C=O) groups is 2. The van der Waals surface area contributed by atoms with E-state index in [2.05, 4.69) is 20.3 Å². The van der Waals surface area contributed by atoms with Crippen molar-refractivity contribution in [1.82, 2.24) is 15.1 Å². The molecule has 1 heterocycles. The average Bonchev–Trinajstić information content (AvgIpc) is 3.32. The second-order valence-corrected chi connectivity index (χ2v) is 8.05. The lowest BCUT2D eigenvalue weighted by Gasteiger charge is -2.20. The summed E-state index contributed by atoms with van der Waals surface area (Å²) < 4.78 is 49.0. The predicted octanol–water partition coefficient (Wildman–Crippen LogP) is 4.46. The molecular weight excluding hydrogens is 489 g/mol. The number of anilines is 1. The van der Waals surface area contributed by atoms with E-state index in [1.807, 2.05) is 19.0 Å². The van der Waals surface area contributed by atoms with Crippen molar-refractivity contribution in [3.8, 4) is 16.9 Å². The standard InChI is InChI=1S/C23H22ClF3N4O4/c1-31(2)9-10-34-19-11-15(7-8-16(19)14-12-28-29-13-14)30-21(32)20(35-22(33)23(25,26)27)17-5-3-4-6-18(17)24/h3-8,11-13,20H,9-10H2,1-2H3,(H,28,29)(H,30,32). The highest BCUT2D eigenvalue weighted by Crippen LogP contribution is 2.34. The molecule has 3 rings (SSSR count). The highest BCUT2D eigenvalue weighted by molar-refractivity contribution is 6.31. The molecule has 8 nitrogen and oxygen atoms in total. The summed E-state index contributed by atoms with van der Waals surface area (Å²) in [5.74, 6) is -3.13. The van der Waals surface area contributed by atoms with Crippen LogP contribution in [-0.2, 0) is 14.3 Å². The number of hydrogen-bond acceptors (Lipinski definition) is 6.